The molecule has 1 aromatic carbocycles. The number of hydrogen-bond acceptors (Lipinski definition) is 7. The van der Waals surface area contributed by atoms with Crippen molar-refractivity contribution in [2.45, 2.75) is 19.8 Å². The molecule has 2 aliphatic heterocycles. The van der Waals surface area contributed by atoms with Gasteiger partial charge in [0.05, 0.1) is 7.11 Å². The van der Waals surface area contributed by atoms with Crippen molar-refractivity contribution in [1.82, 2.24) is 10.1 Å². The molecule has 9 heteroatoms. The first kappa shape index (κ1) is 20.8. The number of benzene rings is 1. The molecule has 1 saturated heterocycles. The van der Waals surface area contributed by atoms with Crippen molar-refractivity contribution in [3.05, 3.63) is 35.6 Å². The highest BCUT2D eigenvalue weighted by molar-refractivity contribution is 5.93. The lowest BCUT2D eigenvalue weighted by Gasteiger charge is -2.30. The van der Waals surface area contributed by atoms with Gasteiger partial charge in [0.1, 0.15) is 19.0 Å². The highest BCUT2D eigenvalue weighted by Gasteiger charge is 2.27. The fourth-order valence-corrected chi connectivity index (χ4v) is 3.68. The van der Waals surface area contributed by atoms with Crippen LogP contribution < -0.4 is 19.5 Å². The molecular weight excluding hydrogens is 402 g/mol. The topological polar surface area (TPSA) is 103 Å². The number of rotatable bonds is 5. The Hall–Kier alpha value is -3.49. The predicted octanol–water partition coefficient (Wildman–Crippen LogP) is 2.65. The van der Waals surface area contributed by atoms with E-state index in [-0.39, 0.29) is 17.7 Å². The number of nitrogens with one attached hydrogen (secondary N) is 1. The highest BCUT2D eigenvalue weighted by atomic mass is 16.6. The number of carbonyl (C=O) groups excluding carboxylic acids is 2. The van der Waals surface area contributed by atoms with E-state index < -0.39 is 0 Å². The number of aryl methyl sites for hydroxylation is 1. The molecule has 164 valence electrons. The number of aromatic nitrogens is 1. The molecule has 0 atom stereocenters. The number of nitrogens with zero attached hydrogens (tertiary/aromatic N) is 2. The minimum Gasteiger partial charge on any atom is -0.493 e. The molecule has 4 rings (SSSR count). The van der Waals surface area contributed by atoms with Crippen molar-refractivity contribution in [1.29, 1.82) is 0 Å². The fraction of sp³-hybridized carbons (Fsp3) is 0.409. The molecule has 1 N–H and O–H groups in total. The van der Waals surface area contributed by atoms with Gasteiger partial charge in [-0.25, -0.2) is 0 Å². The Morgan fingerprint density at radius 3 is 2.68 bits per heavy atom. The standard InChI is InChI=1S/C22H25N3O6/c1-14-11-19(24-31-14)23-22(27)16-5-7-25(8-6-16)20(26)4-3-15-12-17(28-2)21-18(13-15)29-9-10-30-21/h3-4,11-13,16H,5-10H2,1-2H3,(H,23,24,27)/b4-3+. The molecule has 9 nitrogen and oxygen atoms in total. The zero-order valence-corrected chi connectivity index (χ0v) is 17.6. The molecule has 2 amide bonds. The maximum atomic E-state index is 12.6. The number of likely N-dealkylation sites (tertiary alicyclic amines) is 1. The van der Waals surface area contributed by atoms with Crippen molar-refractivity contribution in [2.75, 3.05) is 38.7 Å². The van der Waals surface area contributed by atoms with E-state index in [1.54, 1.807) is 37.1 Å². The van der Waals surface area contributed by atoms with Gasteiger partial charge in [-0.1, -0.05) is 5.16 Å². The molecule has 31 heavy (non-hydrogen) atoms. The third-order valence-corrected chi connectivity index (χ3v) is 5.33. The van der Waals surface area contributed by atoms with Crippen molar-refractivity contribution in [3.63, 3.8) is 0 Å². The fourth-order valence-electron chi connectivity index (χ4n) is 3.68. The second kappa shape index (κ2) is 9.11. The van der Waals surface area contributed by atoms with E-state index in [2.05, 4.69) is 10.5 Å². The maximum absolute atomic E-state index is 12.6. The number of amides is 2. The van der Waals surface area contributed by atoms with Gasteiger partial charge < -0.3 is 29.0 Å². The quantitative estimate of drug-likeness (QED) is 0.732. The summed E-state index contributed by atoms with van der Waals surface area (Å²) in [5.41, 5.74) is 0.784. The first-order valence-corrected chi connectivity index (χ1v) is 10.2. The minimum absolute atomic E-state index is 0.0974. The Bertz CT molecular complexity index is 974. The largest absolute Gasteiger partial charge is 0.493 e. The molecule has 2 aromatic rings. The van der Waals surface area contributed by atoms with E-state index >= 15 is 0 Å². The number of piperidine rings is 1. The minimum atomic E-state index is -0.160. The number of hydrogen-bond donors (Lipinski definition) is 1. The summed E-state index contributed by atoms with van der Waals surface area (Å²) in [6, 6.07) is 5.30. The van der Waals surface area contributed by atoms with E-state index in [1.807, 2.05) is 6.07 Å². The van der Waals surface area contributed by atoms with Crippen LogP contribution in [-0.4, -0.2) is 55.3 Å². The second-order valence-electron chi connectivity index (χ2n) is 7.49. The zero-order valence-electron chi connectivity index (χ0n) is 17.6. The number of ether oxygens (including phenoxy) is 3. The van der Waals surface area contributed by atoms with Crippen LogP contribution in [0.25, 0.3) is 6.08 Å². The van der Waals surface area contributed by atoms with Gasteiger partial charge in [0.15, 0.2) is 17.3 Å². The smallest absolute Gasteiger partial charge is 0.246 e. The second-order valence-corrected chi connectivity index (χ2v) is 7.49. The number of fused-ring (bicyclic) bond motifs is 1. The van der Waals surface area contributed by atoms with Crippen molar-refractivity contribution < 1.29 is 28.3 Å². The maximum Gasteiger partial charge on any atom is 0.246 e. The van der Waals surface area contributed by atoms with E-state index in [9.17, 15) is 9.59 Å². The van der Waals surface area contributed by atoms with Crippen molar-refractivity contribution in [3.8, 4) is 17.2 Å². The van der Waals surface area contributed by atoms with Crippen LogP contribution >= 0.6 is 0 Å². The lowest BCUT2D eigenvalue weighted by atomic mass is 9.96. The van der Waals surface area contributed by atoms with Gasteiger partial charge >= 0.3 is 0 Å². The normalized spacial score (nSPS) is 16.4. The van der Waals surface area contributed by atoms with Crippen LogP contribution in [0.1, 0.15) is 24.2 Å². The highest BCUT2D eigenvalue weighted by Crippen LogP contribution is 2.40. The van der Waals surface area contributed by atoms with Crippen LogP contribution in [0.3, 0.4) is 0 Å². The number of carbonyl (C=O) groups is 2. The molecule has 0 saturated carbocycles. The van der Waals surface area contributed by atoms with Gasteiger partial charge in [0, 0.05) is 31.1 Å². The molecule has 0 radical (unpaired) electrons. The Morgan fingerprint density at radius 2 is 1.97 bits per heavy atom. The number of anilines is 1. The molecule has 1 fully saturated rings. The molecule has 0 spiro atoms. The molecular formula is C22H25N3O6. The Balaban J connectivity index is 1.33. The molecule has 0 unspecified atom stereocenters. The summed E-state index contributed by atoms with van der Waals surface area (Å²) in [6.07, 6.45) is 4.46. The predicted molar refractivity (Wildman–Crippen MR) is 112 cm³/mol. The van der Waals surface area contributed by atoms with E-state index in [0.29, 0.717) is 68.0 Å². The van der Waals surface area contributed by atoms with Gasteiger partial charge in [-0.15, -0.1) is 0 Å². The summed E-state index contributed by atoms with van der Waals surface area (Å²) in [5.74, 6) is 2.45. The van der Waals surface area contributed by atoms with E-state index in [4.69, 9.17) is 18.7 Å². The van der Waals surface area contributed by atoms with Crippen LogP contribution in [0, 0.1) is 12.8 Å². The third kappa shape index (κ3) is 4.82. The summed E-state index contributed by atoms with van der Waals surface area (Å²) in [5, 5.41) is 6.54. The van der Waals surface area contributed by atoms with E-state index in [1.165, 1.54) is 6.08 Å². The summed E-state index contributed by atoms with van der Waals surface area (Å²) in [7, 11) is 1.57. The van der Waals surface area contributed by atoms with Gasteiger partial charge in [0.25, 0.3) is 0 Å². The van der Waals surface area contributed by atoms with E-state index in [0.717, 1.165) is 5.56 Å². The molecule has 1 aromatic heterocycles. The monoisotopic (exact) mass is 427 g/mol. The Morgan fingerprint density at radius 1 is 1.19 bits per heavy atom. The first-order valence-electron chi connectivity index (χ1n) is 10.2. The first-order chi connectivity index (χ1) is 15.0. The lowest BCUT2D eigenvalue weighted by molar-refractivity contribution is -0.130. The summed E-state index contributed by atoms with van der Waals surface area (Å²) < 4.78 is 21.6. The van der Waals surface area contributed by atoms with Crippen molar-refractivity contribution in [2.24, 2.45) is 5.92 Å². The summed E-state index contributed by atoms with van der Waals surface area (Å²) in [4.78, 5) is 26.8. The lowest BCUT2D eigenvalue weighted by Crippen LogP contribution is -2.40. The van der Waals surface area contributed by atoms with Gasteiger partial charge in [-0.3, -0.25) is 9.59 Å². The Labute approximate surface area is 179 Å². The number of methoxy groups -OCH3 is 1. The SMILES string of the molecule is COc1cc(/C=C/C(=O)N2CCC(C(=O)Nc3cc(C)on3)CC2)cc2c1OCCO2. The van der Waals surface area contributed by atoms with Gasteiger partial charge in [-0.2, -0.15) is 0 Å². The van der Waals surface area contributed by atoms with Crippen LogP contribution in [0.15, 0.2) is 28.8 Å². The summed E-state index contributed by atoms with van der Waals surface area (Å²) in [6.45, 7) is 3.75. The third-order valence-electron chi connectivity index (χ3n) is 5.33. The molecule has 0 bridgehead atoms. The van der Waals surface area contributed by atoms with Gasteiger partial charge in [0.2, 0.25) is 17.6 Å². The van der Waals surface area contributed by atoms with Gasteiger partial charge in [-0.05, 0) is 43.5 Å². The average molecular weight is 427 g/mol. The van der Waals surface area contributed by atoms with Crippen LogP contribution in [0.5, 0.6) is 17.2 Å². The zero-order chi connectivity index (χ0) is 21.8. The van der Waals surface area contributed by atoms with Crippen molar-refractivity contribution >= 4 is 23.7 Å². The molecule has 2 aliphatic rings. The molecule has 0 aliphatic carbocycles. The summed E-state index contributed by atoms with van der Waals surface area (Å²) >= 11 is 0. The Kier molecular flexibility index (Phi) is 6.11. The van der Waals surface area contributed by atoms with Crippen LogP contribution in [0.4, 0.5) is 5.82 Å². The molecule has 3 heterocycles. The van der Waals surface area contributed by atoms with Crippen LogP contribution in [0.2, 0.25) is 0 Å². The van der Waals surface area contributed by atoms with Crippen LogP contribution in [-0.2, 0) is 9.59 Å². The average Bonchev–Trinajstić information content (AvgIpc) is 3.21.